The molecule has 0 bridgehead atoms. The van der Waals surface area contributed by atoms with Crippen LogP contribution in [0, 0.1) is 11.8 Å². The van der Waals surface area contributed by atoms with E-state index in [2.05, 4.69) is 36.1 Å². The number of carbonyl (C=O) groups is 1. The van der Waals surface area contributed by atoms with Crippen molar-refractivity contribution in [1.82, 2.24) is 4.90 Å². The van der Waals surface area contributed by atoms with Crippen LogP contribution in [0.3, 0.4) is 0 Å². The zero-order chi connectivity index (χ0) is 15.5. The average Bonchev–Trinajstić information content (AvgIpc) is 3.18. The van der Waals surface area contributed by atoms with E-state index in [0.717, 1.165) is 45.1 Å². The van der Waals surface area contributed by atoms with E-state index in [-0.39, 0.29) is 12.0 Å². The number of rotatable bonds is 5. The fraction of sp³-hybridized carbons (Fsp3) is 0.632. The Balaban J connectivity index is 1.83. The molecular formula is C19H28N2O. The summed E-state index contributed by atoms with van der Waals surface area (Å²) in [6.45, 7) is 3.68. The molecule has 1 saturated carbocycles. The van der Waals surface area contributed by atoms with Gasteiger partial charge in [0, 0.05) is 12.5 Å². The Morgan fingerprint density at radius 2 is 2.09 bits per heavy atom. The fourth-order valence-electron chi connectivity index (χ4n) is 4.38. The van der Waals surface area contributed by atoms with Crippen molar-refractivity contribution in [2.24, 2.45) is 17.6 Å². The van der Waals surface area contributed by atoms with Crippen LogP contribution >= 0.6 is 0 Å². The topological polar surface area (TPSA) is 46.3 Å². The van der Waals surface area contributed by atoms with Gasteiger partial charge in [-0.3, -0.25) is 4.79 Å². The Kier molecular flexibility index (Phi) is 4.82. The summed E-state index contributed by atoms with van der Waals surface area (Å²) < 4.78 is 0. The molecule has 2 aliphatic carbocycles. The number of nitrogens with zero attached hydrogens (tertiary/aromatic N) is 1. The van der Waals surface area contributed by atoms with Gasteiger partial charge in [-0.15, -0.1) is 0 Å². The van der Waals surface area contributed by atoms with Gasteiger partial charge in [0.1, 0.15) is 0 Å². The number of fused-ring (bicyclic) bond motifs is 1. The number of aryl methyl sites for hydroxylation is 1. The first-order valence-corrected chi connectivity index (χ1v) is 8.84. The molecule has 22 heavy (non-hydrogen) atoms. The normalized spacial score (nSPS) is 26.9. The van der Waals surface area contributed by atoms with Gasteiger partial charge in [0.25, 0.3) is 0 Å². The summed E-state index contributed by atoms with van der Waals surface area (Å²) in [5.74, 6) is 0.907. The molecule has 3 nitrogen and oxygen atoms in total. The third-order valence-corrected chi connectivity index (χ3v) is 5.50. The predicted octanol–water partition coefficient (Wildman–Crippen LogP) is 3.29. The SMILES string of the molecule is CCCN(C(=O)[C@@H]1CCC[C@@H]1CN)C1CCc2ccccc21. The second-order valence-corrected chi connectivity index (χ2v) is 6.82. The molecule has 0 aromatic heterocycles. The molecule has 2 N–H and O–H groups in total. The highest BCUT2D eigenvalue weighted by Crippen LogP contribution is 2.39. The lowest BCUT2D eigenvalue weighted by Gasteiger charge is -2.33. The Morgan fingerprint density at radius 3 is 2.86 bits per heavy atom. The van der Waals surface area contributed by atoms with Crippen molar-refractivity contribution in [3.8, 4) is 0 Å². The second kappa shape index (κ2) is 6.82. The summed E-state index contributed by atoms with van der Waals surface area (Å²) in [6, 6.07) is 8.90. The van der Waals surface area contributed by atoms with Crippen molar-refractivity contribution in [1.29, 1.82) is 0 Å². The maximum absolute atomic E-state index is 13.2. The summed E-state index contributed by atoms with van der Waals surface area (Å²) >= 11 is 0. The monoisotopic (exact) mass is 300 g/mol. The van der Waals surface area contributed by atoms with E-state index in [1.54, 1.807) is 0 Å². The van der Waals surface area contributed by atoms with E-state index in [1.807, 2.05) is 0 Å². The van der Waals surface area contributed by atoms with Crippen molar-refractivity contribution in [2.45, 2.75) is 51.5 Å². The molecule has 2 aliphatic rings. The maximum Gasteiger partial charge on any atom is 0.226 e. The molecule has 0 aliphatic heterocycles. The predicted molar refractivity (Wildman–Crippen MR) is 89.4 cm³/mol. The second-order valence-electron chi connectivity index (χ2n) is 6.82. The van der Waals surface area contributed by atoms with E-state index in [4.69, 9.17) is 5.73 Å². The number of benzene rings is 1. The summed E-state index contributed by atoms with van der Waals surface area (Å²) in [4.78, 5) is 15.3. The lowest BCUT2D eigenvalue weighted by molar-refractivity contribution is -0.139. The van der Waals surface area contributed by atoms with Crippen LogP contribution in [-0.4, -0.2) is 23.9 Å². The summed E-state index contributed by atoms with van der Waals surface area (Å²) in [7, 11) is 0. The first-order valence-electron chi connectivity index (χ1n) is 8.84. The van der Waals surface area contributed by atoms with E-state index in [1.165, 1.54) is 11.1 Å². The van der Waals surface area contributed by atoms with Gasteiger partial charge in [-0.1, -0.05) is 37.6 Å². The molecule has 3 rings (SSSR count). The van der Waals surface area contributed by atoms with E-state index in [0.29, 0.717) is 18.4 Å². The number of hydrogen-bond acceptors (Lipinski definition) is 2. The highest BCUT2D eigenvalue weighted by atomic mass is 16.2. The Bertz CT molecular complexity index is 528. The Labute approximate surface area is 133 Å². The van der Waals surface area contributed by atoms with Crippen LogP contribution in [0.2, 0.25) is 0 Å². The van der Waals surface area contributed by atoms with Crippen molar-refractivity contribution >= 4 is 5.91 Å². The molecule has 0 radical (unpaired) electrons. The average molecular weight is 300 g/mol. The molecule has 0 heterocycles. The third kappa shape index (κ3) is 2.79. The van der Waals surface area contributed by atoms with E-state index < -0.39 is 0 Å². The van der Waals surface area contributed by atoms with E-state index >= 15 is 0 Å². The third-order valence-electron chi connectivity index (χ3n) is 5.50. The minimum Gasteiger partial charge on any atom is -0.335 e. The lowest BCUT2D eigenvalue weighted by atomic mass is 9.93. The Morgan fingerprint density at radius 1 is 1.27 bits per heavy atom. The summed E-state index contributed by atoms with van der Waals surface area (Å²) in [5.41, 5.74) is 8.68. The molecule has 1 unspecified atom stereocenters. The minimum absolute atomic E-state index is 0.157. The molecule has 1 aromatic carbocycles. The standard InChI is InChI=1S/C19H28N2O/c1-2-12-21(19(22)17-9-5-7-15(17)13-20)18-11-10-14-6-3-4-8-16(14)18/h3-4,6,8,15,17-18H,2,5,7,9-13,20H2,1H3/t15-,17-,18?/m1/s1. The van der Waals surface area contributed by atoms with Gasteiger partial charge in [0.15, 0.2) is 0 Å². The van der Waals surface area contributed by atoms with Crippen molar-refractivity contribution in [3.05, 3.63) is 35.4 Å². The quantitative estimate of drug-likeness (QED) is 0.907. The van der Waals surface area contributed by atoms with Gasteiger partial charge in [0.05, 0.1) is 6.04 Å². The number of amides is 1. The Hall–Kier alpha value is -1.35. The highest BCUT2D eigenvalue weighted by molar-refractivity contribution is 5.80. The first kappa shape index (κ1) is 15.5. The number of carbonyl (C=O) groups excluding carboxylic acids is 1. The van der Waals surface area contributed by atoms with Crippen LogP contribution in [0.15, 0.2) is 24.3 Å². The van der Waals surface area contributed by atoms with Crippen molar-refractivity contribution < 1.29 is 4.79 Å². The van der Waals surface area contributed by atoms with Crippen LogP contribution < -0.4 is 5.73 Å². The van der Waals surface area contributed by atoms with Gasteiger partial charge in [-0.25, -0.2) is 0 Å². The van der Waals surface area contributed by atoms with Gasteiger partial charge in [-0.05, 0) is 55.7 Å². The van der Waals surface area contributed by atoms with Crippen LogP contribution in [0.4, 0.5) is 0 Å². The van der Waals surface area contributed by atoms with Crippen LogP contribution in [-0.2, 0) is 11.2 Å². The van der Waals surface area contributed by atoms with Gasteiger partial charge >= 0.3 is 0 Å². The van der Waals surface area contributed by atoms with Gasteiger partial charge < -0.3 is 10.6 Å². The molecule has 120 valence electrons. The number of hydrogen-bond donors (Lipinski definition) is 1. The van der Waals surface area contributed by atoms with Crippen molar-refractivity contribution in [3.63, 3.8) is 0 Å². The van der Waals surface area contributed by atoms with Crippen LogP contribution in [0.1, 0.15) is 56.2 Å². The molecule has 3 heteroatoms. The molecule has 0 saturated heterocycles. The maximum atomic E-state index is 13.2. The minimum atomic E-state index is 0.157. The van der Waals surface area contributed by atoms with Crippen LogP contribution in [0.25, 0.3) is 0 Å². The van der Waals surface area contributed by atoms with Gasteiger partial charge in [-0.2, -0.15) is 0 Å². The smallest absolute Gasteiger partial charge is 0.226 e. The van der Waals surface area contributed by atoms with Crippen LogP contribution in [0.5, 0.6) is 0 Å². The largest absolute Gasteiger partial charge is 0.335 e. The molecule has 1 aromatic rings. The molecule has 1 fully saturated rings. The molecular weight excluding hydrogens is 272 g/mol. The number of nitrogens with two attached hydrogens (primary N) is 1. The zero-order valence-corrected chi connectivity index (χ0v) is 13.6. The van der Waals surface area contributed by atoms with Gasteiger partial charge in [0.2, 0.25) is 5.91 Å². The highest BCUT2D eigenvalue weighted by Gasteiger charge is 2.38. The molecule has 0 spiro atoms. The van der Waals surface area contributed by atoms with E-state index in [9.17, 15) is 4.79 Å². The summed E-state index contributed by atoms with van der Waals surface area (Å²) in [5, 5.41) is 0. The summed E-state index contributed by atoms with van der Waals surface area (Å²) in [6.07, 6.45) is 6.48. The lowest BCUT2D eigenvalue weighted by Crippen LogP contribution is -2.41. The molecule has 1 amide bonds. The van der Waals surface area contributed by atoms with Crippen molar-refractivity contribution in [2.75, 3.05) is 13.1 Å². The molecule has 3 atom stereocenters. The fourth-order valence-corrected chi connectivity index (χ4v) is 4.38. The zero-order valence-electron chi connectivity index (χ0n) is 13.6. The first-order chi connectivity index (χ1) is 10.8.